The van der Waals surface area contributed by atoms with Gasteiger partial charge in [-0.15, -0.1) is 24.0 Å². The molecule has 0 spiro atoms. The molecule has 0 saturated carbocycles. The Hall–Kier alpha value is -2.42. The van der Waals surface area contributed by atoms with Crippen LogP contribution in [0.1, 0.15) is 5.76 Å². The van der Waals surface area contributed by atoms with Crippen LogP contribution in [0, 0.1) is 0 Å². The molecule has 0 radical (unpaired) electrons. The van der Waals surface area contributed by atoms with E-state index in [9.17, 15) is 0 Å². The molecule has 144 valence electrons. The molecule has 3 aromatic rings. The van der Waals surface area contributed by atoms with Crippen LogP contribution in [0.3, 0.4) is 0 Å². The molecule has 2 N–H and O–H groups in total. The first-order chi connectivity index (χ1) is 12.7. The smallest absolute Gasteiger partial charge is 0.195 e. The molecule has 0 fully saturated rings. The molecule has 6 nitrogen and oxygen atoms in total. The van der Waals surface area contributed by atoms with Crippen molar-refractivity contribution in [1.29, 1.82) is 0 Å². The van der Waals surface area contributed by atoms with Crippen LogP contribution in [-0.4, -0.2) is 33.8 Å². The van der Waals surface area contributed by atoms with E-state index in [1.54, 1.807) is 21.3 Å². The van der Waals surface area contributed by atoms with Crippen molar-refractivity contribution in [2.45, 2.75) is 6.42 Å². The molecule has 7 heteroatoms. The van der Waals surface area contributed by atoms with E-state index in [2.05, 4.69) is 21.7 Å². The average molecular weight is 481 g/mol. The van der Waals surface area contributed by atoms with Crippen LogP contribution >= 0.6 is 24.0 Å². The van der Waals surface area contributed by atoms with Gasteiger partial charge in [-0.25, -0.2) is 0 Å². The third-order valence-corrected chi connectivity index (χ3v) is 4.01. The minimum atomic E-state index is 0. The summed E-state index contributed by atoms with van der Waals surface area (Å²) in [6.07, 6.45) is 0.765. The molecule has 27 heavy (non-hydrogen) atoms. The fraction of sp³-hybridized carbons (Fsp3) is 0.250. The Morgan fingerprint density at radius 3 is 2.52 bits per heavy atom. The van der Waals surface area contributed by atoms with Crippen LogP contribution in [0.5, 0.6) is 11.5 Å². The number of fused-ring (bicyclic) bond motifs is 1. The monoisotopic (exact) mass is 481 g/mol. The van der Waals surface area contributed by atoms with Crippen molar-refractivity contribution in [3.63, 3.8) is 0 Å². The standard InChI is InChI=1S/C20H23N3O3.HI/c1-21-20(23-15-8-9-18(24-2)19(13-15)25-3)22-11-10-16-12-14-6-4-5-7-17(14)26-16;/h4-9,12-13H,10-11H2,1-3H3,(H2,21,22,23);1H. The van der Waals surface area contributed by atoms with E-state index in [0.29, 0.717) is 24.0 Å². The highest BCUT2D eigenvalue weighted by atomic mass is 127. The highest BCUT2D eigenvalue weighted by Crippen LogP contribution is 2.29. The Bertz CT molecular complexity index is 875. The molecule has 0 amide bonds. The lowest BCUT2D eigenvalue weighted by molar-refractivity contribution is 0.355. The van der Waals surface area contributed by atoms with E-state index in [0.717, 1.165) is 28.8 Å². The van der Waals surface area contributed by atoms with Crippen LogP contribution < -0.4 is 20.1 Å². The molecular formula is C20H24IN3O3. The number of guanidine groups is 1. The lowest BCUT2D eigenvalue weighted by atomic mass is 10.2. The van der Waals surface area contributed by atoms with E-state index in [1.165, 1.54) is 0 Å². The first-order valence-corrected chi connectivity index (χ1v) is 8.40. The Balaban J connectivity index is 0.00000261. The van der Waals surface area contributed by atoms with Gasteiger partial charge < -0.3 is 24.5 Å². The summed E-state index contributed by atoms with van der Waals surface area (Å²) in [6.45, 7) is 0.701. The predicted octanol–water partition coefficient (Wildman–Crippen LogP) is 4.30. The fourth-order valence-corrected chi connectivity index (χ4v) is 2.69. The van der Waals surface area contributed by atoms with E-state index in [4.69, 9.17) is 13.9 Å². The molecule has 3 rings (SSSR count). The van der Waals surface area contributed by atoms with Gasteiger partial charge in [0.05, 0.1) is 14.2 Å². The number of nitrogens with zero attached hydrogens (tertiary/aromatic N) is 1. The number of anilines is 1. The lowest BCUT2D eigenvalue weighted by Crippen LogP contribution is -2.32. The molecular weight excluding hydrogens is 457 g/mol. The van der Waals surface area contributed by atoms with Crippen molar-refractivity contribution in [2.75, 3.05) is 33.1 Å². The second-order valence-corrected chi connectivity index (χ2v) is 5.69. The quantitative estimate of drug-likeness (QED) is 0.312. The summed E-state index contributed by atoms with van der Waals surface area (Å²) < 4.78 is 16.4. The van der Waals surface area contributed by atoms with Gasteiger partial charge in [0, 0.05) is 37.2 Å². The summed E-state index contributed by atoms with van der Waals surface area (Å²) >= 11 is 0. The molecule has 0 aliphatic carbocycles. The average Bonchev–Trinajstić information content (AvgIpc) is 3.09. The topological polar surface area (TPSA) is 68.0 Å². The maximum absolute atomic E-state index is 5.83. The summed E-state index contributed by atoms with van der Waals surface area (Å²) in [6, 6.07) is 15.7. The van der Waals surface area contributed by atoms with Crippen molar-refractivity contribution < 1.29 is 13.9 Å². The third kappa shape index (κ3) is 5.29. The maximum atomic E-state index is 5.83. The van der Waals surface area contributed by atoms with Gasteiger partial charge in [0.25, 0.3) is 0 Å². The number of nitrogens with one attached hydrogen (secondary N) is 2. The van der Waals surface area contributed by atoms with Gasteiger partial charge in [-0.05, 0) is 24.3 Å². The van der Waals surface area contributed by atoms with Crippen molar-refractivity contribution in [3.05, 3.63) is 54.3 Å². The molecule has 0 unspecified atom stereocenters. The van der Waals surface area contributed by atoms with Crippen molar-refractivity contribution >= 4 is 46.6 Å². The van der Waals surface area contributed by atoms with Crippen molar-refractivity contribution in [1.82, 2.24) is 5.32 Å². The second-order valence-electron chi connectivity index (χ2n) is 5.69. The van der Waals surface area contributed by atoms with Gasteiger partial charge in [-0.2, -0.15) is 0 Å². The van der Waals surface area contributed by atoms with E-state index >= 15 is 0 Å². The highest BCUT2D eigenvalue weighted by Gasteiger charge is 2.07. The summed E-state index contributed by atoms with van der Waals surface area (Å²) in [5.41, 5.74) is 1.77. The highest BCUT2D eigenvalue weighted by molar-refractivity contribution is 14.0. The zero-order valence-corrected chi connectivity index (χ0v) is 17.9. The van der Waals surface area contributed by atoms with Gasteiger partial charge in [-0.3, -0.25) is 4.99 Å². The number of hydrogen-bond acceptors (Lipinski definition) is 4. The fourth-order valence-electron chi connectivity index (χ4n) is 2.69. The summed E-state index contributed by atoms with van der Waals surface area (Å²) in [5, 5.41) is 7.64. The number of halogens is 1. The number of furan rings is 1. The number of methoxy groups -OCH3 is 2. The molecule has 0 bridgehead atoms. The van der Waals surface area contributed by atoms with Crippen LogP contribution in [-0.2, 0) is 6.42 Å². The molecule has 0 aliphatic rings. The summed E-state index contributed by atoms with van der Waals surface area (Å²) in [4.78, 5) is 4.25. The Morgan fingerprint density at radius 1 is 1.04 bits per heavy atom. The molecule has 2 aromatic carbocycles. The van der Waals surface area contributed by atoms with E-state index in [-0.39, 0.29) is 24.0 Å². The Kier molecular flexibility index (Phi) is 7.78. The Labute approximate surface area is 176 Å². The third-order valence-electron chi connectivity index (χ3n) is 4.01. The first-order valence-electron chi connectivity index (χ1n) is 8.40. The normalized spacial score (nSPS) is 11.0. The maximum Gasteiger partial charge on any atom is 0.195 e. The number of hydrogen-bond donors (Lipinski definition) is 2. The summed E-state index contributed by atoms with van der Waals surface area (Å²) in [7, 11) is 4.96. The number of aliphatic imine (C=N–C) groups is 1. The molecule has 1 aromatic heterocycles. The van der Waals surface area contributed by atoms with Crippen LogP contribution in [0.15, 0.2) is 57.9 Å². The van der Waals surface area contributed by atoms with Gasteiger partial charge >= 0.3 is 0 Å². The van der Waals surface area contributed by atoms with Crippen LogP contribution in [0.4, 0.5) is 5.69 Å². The lowest BCUT2D eigenvalue weighted by Gasteiger charge is -2.13. The first kappa shape index (κ1) is 20.9. The molecule has 1 heterocycles. The van der Waals surface area contributed by atoms with Crippen molar-refractivity contribution in [3.8, 4) is 11.5 Å². The minimum Gasteiger partial charge on any atom is -0.493 e. The number of para-hydroxylation sites is 1. The van der Waals surface area contributed by atoms with E-state index < -0.39 is 0 Å². The molecule has 0 aliphatic heterocycles. The van der Waals surface area contributed by atoms with Crippen LogP contribution in [0.2, 0.25) is 0 Å². The summed E-state index contributed by atoms with van der Waals surface area (Å²) in [5.74, 6) is 2.97. The SMILES string of the molecule is CN=C(NCCc1cc2ccccc2o1)Nc1ccc(OC)c(OC)c1.I. The number of benzene rings is 2. The molecule has 0 atom stereocenters. The predicted molar refractivity (Wildman–Crippen MR) is 120 cm³/mol. The van der Waals surface area contributed by atoms with Gasteiger partial charge in [-0.1, -0.05) is 18.2 Å². The van der Waals surface area contributed by atoms with Gasteiger partial charge in [0.2, 0.25) is 0 Å². The number of rotatable bonds is 6. The zero-order chi connectivity index (χ0) is 18.4. The zero-order valence-electron chi connectivity index (χ0n) is 15.6. The van der Waals surface area contributed by atoms with Crippen LogP contribution in [0.25, 0.3) is 11.0 Å². The van der Waals surface area contributed by atoms with Gasteiger partial charge in [0.1, 0.15) is 11.3 Å². The second kappa shape index (κ2) is 10.1. The Morgan fingerprint density at radius 2 is 1.81 bits per heavy atom. The van der Waals surface area contributed by atoms with E-state index in [1.807, 2.05) is 42.5 Å². The number of ether oxygens (including phenoxy) is 2. The van der Waals surface area contributed by atoms with Crippen molar-refractivity contribution in [2.24, 2.45) is 4.99 Å². The molecule has 0 saturated heterocycles. The minimum absolute atomic E-state index is 0. The largest absolute Gasteiger partial charge is 0.493 e. The van der Waals surface area contributed by atoms with Gasteiger partial charge in [0.15, 0.2) is 17.5 Å².